The van der Waals surface area contributed by atoms with Crippen molar-refractivity contribution in [2.45, 2.75) is 31.8 Å². The molecule has 0 amide bonds. The third kappa shape index (κ3) is 2.43. The van der Waals surface area contributed by atoms with Gasteiger partial charge in [0.25, 0.3) is 0 Å². The zero-order chi connectivity index (χ0) is 8.32. The summed E-state index contributed by atoms with van der Waals surface area (Å²) in [6.07, 6.45) is 2.98. The van der Waals surface area contributed by atoms with Crippen molar-refractivity contribution in [2.75, 3.05) is 13.2 Å². The molecule has 0 spiro atoms. The molecular formula is C8H18N2O. The van der Waals surface area contributed by atoms with E-state index in [0.717, 1.165) is 25.8 Å². The minimum absolute atomic E-state index is 0.0740. The minimum Gasteiger partial charge on any atom is -0.396 e. The van der Waals surface area contributed by atoms with Crippen LogP contribution < -0.4 is 11.1 Å². The van der Waals surface area contributed by atoms with Gasteiger partial charge in [0, 0.05) is 6.61 Å². The van der Waals surface area contributed by atoms with Gasteiger partial charge in [0.05, 0.1) is 5.66 Å². The number of hydrogen-bond acceptors (Lipinski definition) is 3. The Bertz CT molecular complexity index is 129. The summed E-state index contributed by atoms with van der Waals surface area (Å²) >= 11 is 0. The lowest BCUT2D eigenvalue weighted by molar-refractivity contribution is 0.281. The molecule has 11 heavy (non-hydrogen) atoms. The van der Waals surface area contributed by atoms with Crippen molar-refractivity contribution in [1.29, 1.82) is 0 Å². The fraction of sp³-hybridized carbons (Fsp3) is 1.00. The Labute approximate surface area is 68.0 Å². The number of hydrogen-bond donors (Lipinski definition) is 3. The van der Waals surface area contributed by atoms with Crippen LogP contribution in [0.1, 0.15) is 26.2 Å². The molecule has 3 nitrogen and oxygen atoms in total. The second-order valence-corrected chi connectivity index (χ2v) is 3.50. The van der Waals surface area contributed by atoms with Crippen molar-refractivity contribution in [2.24, 2.45) is 11.7 Å². The zero-order valence-electron chi connectivity index (χ0n) is 7.14. The Balaban J connectivity index is 1.96. The SMILES string of the molecule is CC1CC1(N)NCCCCO. The van der Waals surface area contributed by atoms with E-state index in [0.29, 0.717) is 5.92 Å². The fourth-order valence-electron chi connectivity index (χ4n) is 1.25. The number of aliphatic hydroxyl groups excluding tert-OH is 1. The lowest BCUT2D eigenvalue weighted by Gasteiger charge is -2.11. The van der Waals surface area contributed by atoms with E-state index in [2.05, 4.69) is 12.2 Å². The monoisotopic (exact) mass is 158 g/mol. The highest BCUT2D eigenvalue weighted by Gasteiger charge is 2.46. The van der Waals surface area contributed by atoms with E-state index in [1.807, 2.05) is 0 Å². The van der Waals surface area contributed by atoms with E-state index in [1.54, 1.807) is 0 Å². The van der Waals surface area contributed by atoms with Crippen molar-refractivity contribution in [3.8, 4) is 0 Å². The van der Waals surface area contributed by atoms with Gasteiger partial charge in [-0.05, 0) is 31.7 Å². The molecular weight excluding hydrogens is 140 g/mol. The molecule has 0 aromatic carbocycles. The molecule has 1 aliphatic carbocycles. The third-order valence-electron chi connectivity index (χ3n) is 2.40. The number of unbranched alkanes of at least 4 members (excludes halogenated alkanes) is 1. The second kappa shape index (κ2) is 3.52. The summed E-state index contributed by atoms with van der Waals surface area (Å²) in [6, 6.07) is 0. The predicted octanol–water partition coefficient (Wildman–Crippen LogP) is 0.0433. The Morgan fingerprint density at radius 1 is 1.64 bits per heavy atom. The molecule has 0 aromatic heterocycles. The van der Waals surface area contributed by atoms with Crippen molar-refractivity contribution >= 4 is 0 Å². The second-order valence-electron chi connectivity index (χ2n) is 3.50. The van der Waals surface area contributed by atoms with Crippen LogP contribution in [-0.4, -0.2) is 23.9 Å². The van der Waals surface area contributed by atoms with Gasteiger partial charge in [0.15, 0.2) is 0 Å². The molecule has 0 saturated heterocycles. The number of rotatable bonds is 5. The first-order valence-corrected chi connectivity index (χ1v) is 4.34. The van der Waals surface area contributed by atoms with Crippen molar-refractivity contribution in [1.82, 2.24) is 5.32 Å². The van der Waals surface area contributed by atoms with Gasteiger partial charge >= 0.3 is 0 Å². The van der Waals surface area contributed by atoms with E-state index in [4.69, 9.17) is 10.8 Å². The van der Waals surface area contributed by atoms with Crippen molar-refractivity contribution in [3.63, 3.8) is 0 Å². The van der Waals surface area contributed by atoms with E-state index in [-0.39, 0.29) is 12.3 Å². The summed E-state index contributed by atoms with van der Waals surface area (Å²) in [4.78, 5) is 0. The standard InChI is InChI=1S/C8H18N2O/c1-7-6-8(7,9)10-4-2-3-5-11/h7,10-11H,2-6,9H2,1H3. The average molecular weight is 158 g/mol. The van der Waals surface area contributed by atoms with E-state index in [1.165, 1.54) is 0 Å². The zero-order valence-corrected chi connectivity index (χ0v) is 7.14. The third-order valence-corrected chi connectivity index (χ3v) is 2.40. The van der Waals surface area contributed by atoms with E-state index >= 15 is 0 Å². The van der Waals surface area contributed by atoms with E-state index < -0.39 is 0 Å². The Kier molecular flexibility index (Phi) is 2.87. The van der Waals surface area contributed by atoms with Gasteiger partial charge in [-0.2, -0.15) is 0 Å². The van der Waals surface area contributed by atoms with Crippen LogP contribution in [-0.2, 0) is 0 Å². The number of nitrogens with one attached hydrogen (secondary N) is 1. The first-order valence-electron chi connectivity index (χ1n) is 4.34. The normalized spacial score (nSPS) is 35.7. The van der Waals surface area contributed by atoms with Crippen LogP contribution in [0.3, 0.4) is 0 Å². The molecule has 1 saturated carbocycles. The molecule has 0 radical (unpaired) electrons. The van der Waals surface area contributed by atoms with Crippen LogP contribution in [0.15, 0.2) is 0 Å². The molecule has 4 N–H and O–H groups in total. The Hall–Kier alpha value is -0.120. The lowest BCUT2D eigenvalue weighted by Crippen LogP contribution is -2.42. The van der Waals surface area contributed by atoms with Gasteiger partial charge in [-0.3, -0.25) is 5.32 Å². The van der Waals surface area contributed by atoms with E-state index in [9.17, 15) is 0 Å². The molecule has 3 heteroatoms. The molecule has 0 aromatic rings. The Morgan fingerprint density at radius 3 is 2.73 bits per heavy atom. The predicted molar refractivity (Wildman–Crippen MR) is 45.0 cm³/mol. The Morgan fingerprint density at radius 2 is 2.27 bits per heavy atom. The van der Waals surface area contributed by atoms with Gasteiger partial charge in [0.1, 0.15) is 0 Å². The van der Waals surface area contributed by atoms with Crippen molar-refractivity contribution in [3.05, 3.63) is 0 Å². The van der Waals surface area contributed by atoms with Crippen molar-refractivity contribution < 1.29 is 5.11 Å². The molecule has 1 fully saturated rings. The first kappa shape index (κ1) is 8.97. The number of aliphatic hydroxyl groups is 1. The summed E-state index contributed by atoms with van der Waals surface area (Å²) in [5.41, 5.74) is 5.82. The van der Waals surface area contributed by atoms with Gasteiger partial charge in [-0.25, -0.2) is 0 Å². The molecule has 0 heterocycles. The molecule has 66 valence electrons. The minimum atomic E-state index is -0.0740. The molecule has 1 aliphatic rings. The average Bonchev–Trinajstić information content (AvgIpc) is 2.54. The highest BCUT2D eigenvalue weighted by Crippen LogP contribution is 2.37. The molecule has 1 rings (SSSR count). The summed E-state index contributed by atoms with van der Waals surface area (Å²) in [5, 5.41) is 11.8. The summed E-state index contributed by atoms with van der Waals surface area (Å²) in [7, 11) is 0. The topological polar surface area (TPSA) is 58.3 Å². The smallest absolute Gasteiger partial charge is 0.0693 e. The maximum Gasteiger partial charge on any atom is 0.0693 e. The van der Waals surface area contributed by atoms with Crippen LogP contribution >= 0.6 is 0 Å². The largest absolute Gasteiger partial charge is 0.396 e. The van der Waals surface area contributed by atoms with Crippen LogP contribution in [0.5, 0.6) is 0 Å². The molecule has 0 bridgehead atoms. The first-order chi connectivity index (χ1) is 5.19. The van der Waals surface area contributed by atoms with Crippen LogP contribution in [0.2, 0.25) is 0 Å². The van der Waals surface area contributed by atoms with Crippen LogP contribution in [0, 0.1) is 5.92 Å². The fourth-order valence-corrected chi connectivity index (χ4v) is 1.25. The molecule has 2 atom stereocenters. The maximum atomic E-state index is 8.50. The number of nitrogens with two attached hydrogens (primary N) is 1. The van der Waals surface area contributed by atoms with Crippen LogP contribution in [0.25, 0.3) is 0 Å². The summed E-state index contributed by atoms with van der Waals surface area (Å²) < 4.78 is 0. The van der Waals surface area contributed by atoms with Gasteiger partial charge in [0.2, 0.25) is 0 Å². The van der Waals surface area contributed by atoms with Crippen LogP contribution in [0.4, 0.5) is 0 Å². The molecule has 0 aliphatic heterocycles. The lowest BCUT2D eigenvalue weighted by atomic mass is 10.3. The molecule has 2 unspecified atom stereocenters. The summed E-state index contributed by atoms with van der Waals surface area (Å²) in [5.74, 6) is 0.622. The quantitative estimate of drug-likeness (QED) is 0.391. The highest BCUT2D eigenvalue weighted by atomic mass is 16.2. The highest BCUT2D eigenvalue weighted by molar-refractivity contribution is 5.02. The van der Waals surface area contributed by atoms with Gasteiger partial charge in [-0.1, -0.05) is 6.92 Å². The van der Waals surface area contributed by atoms with Gasteiger partial charge < -0.3 is 10.8 Å². The summed E-state index contributed by atoms with van der Waals surface area (Å²) in [6.45, 7) is 3.37. The van der Waals surface area contributed by atoms with Gasteiger partial charge in [-0.15, -0.1) is 0 Å². The maximum absolute atomic E-state index is 8.50.